The molecule has 1 aliphatic heterocycles. The highest BCUT2D eigenvalue weighted by Gasteiger charge is 2.32. The third-order valence-corrected chi connectivity index (χ3v) is 5.02. The highest BCUT2D eigenvalue weighted by atomic mass is 16.1. The van der Waals surface area contributed by atoms with E-state index in [1.807, 2.05) is 12.1 Å². The minimum Gasteiger partial charge on any atom is -0.326 e. The number of hydrogen-bond acceptors (Lipinski definition) is 2. The van der Waals surface area contributed by atoms with E-state index in [4.69, 9.17) is 0 Å². The molecule has 1 aliphatic carbocycles. The molecule has 0 unspecified atom stereocenters. The number of hydrogen-bond donors (Lipinski definition) is 1. The third kappa shape index (κ3) is 3.65. The number of rotatable bonds is 3. The lowest BCUT2D eigenvalue weighted by atomic mass is 9.78. The monoisotopic (exact) mass is 286 g/mol. The molecule has 3 rings (SSSR count). The number of nitrogens with zero attached hydrogens (tertiary/aromatic N) is 1. The second-order valence-electron chi connectivity index (χ2n) is 6.60. The minimum absolute atomic E-state index is 0.0103. The van der Waals surface area contributed by atoms with E-state index in [1.54, 1.807) is 6.92 Å². The second-order valence-corrected chi connectivity index (χ2v) is 6.60. The van der Waals surface area contributed by atoms with Gasteiger partial charge in [-0.3, -0.25) is 9.69 Å². The van der Waals surface area contributed by atoms with Crippen molar-refractivity contribution >= 4 is 11.6 Å². The molecular formula is C18H26N2O. The van der Waals surface area contributed by atoms with Crippen LogP contribution >= 0.6 is 0 Å². The number of likely N-dealkylation sites (tertiary alicyclic amines) is 1. The van der Waals surface area contributed by atoms with Gasteiger partial charge in [-0.25, -0.2) is 0 Å². The summed E-state index contributed by atoms with van der Waals surface area (Å²) in [6.45, 7) is 3.85. The van der Waals surface area contributed by atoms with Gasteiger partial charge in [0.25, 0.3) is 0 Å². The number of carbonyl (C=O) groups excluding carboxylic acids is 1. The normalized spacial score (nSPS) is 26.1. The number of piperidine rings is 1. The van der Waals surface area contributed by atoms with Crippen LogP contribution in [0.1, 0.15) is 51.0 Å². The van der Waals surface area contributed by atoms with Crippen molar-refractivity contribution in [2.24, 2.45) is 5.92 Å². The molecule has 114 valence electrons. The van der Waals surface area contributed by atoms with E-state index in [-0.39, 0.29) is 5.91 Å². The topological polar surface area (TPSA) is 32.3 Å². The van der Waals surface area contributed by atoms with Gasteiger partial charge >= 0.3 is 0 Å². The number of anilines is 1. The summed E-state index contributed by atoms with van der Waals surface area (Å²) in [7, 11) is 0. The molecule has 1 aromatic carbocycles. The van der Waals surface area contributed by atoms with Crippen LogP contribution in [0.4, 0.5) is 5.69 Å². The molecule has 1 saturated carbocycles. The van der Waals surface area contributed by atoms with Gasteiger partial charge in [-0.1, -0.05) is 25.0 Å². The van der Waals surface area contributed by atoms with Crippen molar-refractivity contribution in [3.8, 4) is 0 Å². The molecule has 3 nitrogen and oxygen atoms in total. The first-order valence-electron chi connectivity index (χ1n) is 8.33. The number of benzene rings is 1. The van der Waals surface area contributed by atoms with E-state index in [0.717, 1.165) is 24.2 Å². The van der Waals surface area contributed by atoms with Gasteiger partial charge in [0.15, 0.2) is 0 Å². The zero-order chi connectivity index (χ0) is 14.7. The van der Waals surface area contributed by atoms with Crippen LogP contribution in [0.2, 0.25) is 0 Å². The summed E-state index contributed by atoms with van der Waals surface area (Å²) < 4.78 is 0. The third-order valence-electron chi connectivity index (χ3n) is 5.02. The highest BCUT2D eigenvalue weighted by molar-refractivity contribution is 5.88. The van der Waals surface area contributed by atoms with Gasteiger partial charge in [-0.15, -0.1) is 0 Å². The maximum atomic E-state index is 11.1. The van der Waals surface area contributed by atoms with Gasteiger partial charge in [0.1, 0.15) is 0 Å². The Kier molecular flexibility index (Phi) is 4.59. The van der Waals surface area contributed by atoms with E-state index < -0.39 is 0 Å². The van der Waals surface area contributed by atoms with Crippen molar-refractivity contribution < 1.29 is 4.79 Å². The molecule has 3 heteroatoms. The number of carbonyl (C=O) groups is 1. The molecule has 2 aliphatic rings. The Hall–Kier alpha value is -1.35. The van der Waals surface area contributed by atoms with E-state index in [9.17, 15) is 4.79 Å². The van der Waals surface area contributed by atoms with Crippen molar-refractivity contribution in [2.45, 2.75) is 58.0 Å². The SMILES string of the molecule is CC(=O)Nc1ccc(CN2CCC[C@@H]3CCCC[C@@H]32)cc1. The molecule has 21 heavy (non-hydrogen) atoms. The minimum atomic E-state index is -0.0103. The summed E-state index contributed by atoms with van der Waals surface area (Å²) in [5.41, 5.74) is 2.25. The Balaban J connectivity index is 1.63. The fourth-order valence-corrected chi connectivity index (χ4v) is 4.06. The van der Waals surface area contributed by atoms with Gasteiger partial charge < -0.3 is 5.32 Å². The van der Waals surface area contributed by atoms with Gasteiger partial charge in [-0.05, 0) is 55.8 Å². The predicted molar refractivity (Wildman–Crippen MR) is 86.1 cm³/mol. The largest absolute Gasteiger partial charge is 0.326 e. The zero-order valence-electron chi connectivity index (χ0n) is 13.0. The maximum absolute atomic E-state index is 11.1. The number of fused-ring (bicyclic) bond motifs is 1. The van der Waals surface area contributed by atoms with Crippen LogP contribution in [0.15, 0.2) is 24.3 Å². The first kappa shape index (κ1) is 14.6. The van der Waals surface area contributed by atoms with Crippen LogP contribution in [0.25, 0.3) is 0 Å². The van der Waals surface area contributed by atoms with Crippen molar-refractivity contribution in [1.29, 1.82) is 0 Å². The molecule has 0 spiro atoms. The molecule has 0 bridgehead atoms. The summed E-state index contributed by atoms with van der Waals surface area (Å²) in [6.07, 6.45) is 8.44. The van der Waals surface area contributed by atoms with Crippen LogP contribution in [0.3, 0.4) is 0 Å². The fourth-order valence-electron chi connectivity index (χ4n) is 4.06. The van der Waals surface area contributed by atoms with Crippen molar-refractivity contribution in [3.05, 3.63) is 29.8 Å². The Bertz CT molecular complexity index is 480. The Morgan fingerprint density at radius 3 is 2.62 bits per heavy atom. The highest BCUT2D eigenvalue weighted by Crippen LogP contribution is 2.35. The summed E-state index contributed by atoms with van der Waals surface area (Å²) in [5, 5.41) is 2.83. The lowest BCUT2D eigenvalue weighted by Crippen LogP contribution is -2.46. The maximum Gasteiger partial charge on any atom is 0.221 e. The first-order chi connectivity index (χ1) is 10.2. The lowest BCUT2D eigenvalue weighted by molar-refractivity contribution is -0.114. The van der Waals surface area contributed by atoms with E-state index in [0.29, 0.717) is 0 Å². The fraction of sp³-hybridized carbons (Fsp3) is 0.611. The number of amides is 1. The molecule has 2 fully saturated rings. The molecule has 1 heterocycles. The molecule has 0 aromatic heterocycles. The van der Waals surface area contributed by atoms with Crippen molar-refractivity contribution in [1.82, 2.24) is 4.90 Å². The van der Waals surface area contributed by atoms with Crippen LogP contribution in [0, 0.1) is 5.92 Å². The summed E-state index contributed by atoms with van der Waals surface area (Å²) in [4.78, 5) is 13.7. The van der Waals surface area contributed by atoms with E-state index >= 15 is 0 Å². The standard InChI is InChI=1S/C18H26N2O/c1-14(21)19-17-10-8-15(9-11-17)13-20-12-4-6-16-5-2-3-7-18(16)20/h8-11,16,18H,2-7,12-13H2,1H3,(H,19,21)/t16-,18-/m0/s1. The van der Waals surface area contributed by atoms with E-state index in [2.05, 4.69) is 22.3 Å². The second kappa shape index (κ2) is 6.61. The molecule has 0 radical (unpaired) electrons. The summed E-state index contributed by atoms with van der Waals surface area (Å²) >= 11 is 0. The quantitative estimate of drug-likeness (QED) is 0.916. The Labute approximate surface area is 127 Å². The average molecular weight is 286 g/mol. The summed E-state index contributed by atoms with van der Waals surface area (Å²) in [5.74, 6) is 0.926. The van der Waals surface area contributed by atoms with E-state index in [1.165, 1.54) is 50.6 Å². The van der Waals surface area contributed by atoms with Crippen LogP contribution in [-0.2, 0) is 11.3 Å². The van der Waals surface area contributed by atoms with Gasteiger partial charge in [0.05, 0.1) is 0 Å². The number of nitrogens with one attached hydrogen (secondary N) is 1. The van der Waals surface area contributed by atoms with Crippen LogP contribution in [-0.4, -0.2) is 23.4 Å². The van der Waals surface area contributed by atoms with Crippen molar-refractivity contribution in [3.63, 3.8) is 0 Å². The first-order valence-corrected chi connectivity index (χ1v) is 8.33. The lowest BCUT2D eigenvalue weighted by Gasteiger charge is -2.44. The predicted octanol–water partition coefficient (Wildman–Crippen LogP) is 3.80. The van der Waals surface area contributed by atoms with Gasteiger partial charge in [0.2, 0.25) is 5.91 Å². The van der Waals surface area contributed by atoms with Crippen LogP contribution < -0.4 is 5.32 Å². The van der Waals surface area contributed by atoms with Crippen LogP contribution in [0.5, 0.6) is 0 Å². The molecule has 1 amide bonds. The van der Waals surface area contributed by atoms with Gasteiger partial charge in [0, 0.05) is 25.2 Å². The Morgan fingerprint density at radius 1 is 1.14 bits per heavy atom. The Morgan fingerprint density at radius 2 is 1.86 bits per heavy atom. The molecule has 2 atom stereocenters. The molecular weight excluding hydrogens is 260 g/mol. The molecule has 1 N–H and O–H groups in total. The smallest absolute Gasteiger partial charge is 0.221 e. The summed E-state index contributed by atoms with van der Waals surface area (Å²) in [6, 6.07) is 9.13. The van der Waals surface area contributed by atoms with Crippen molar-refractivity contribution in [2.75, 3.05) is 11.9 Å². The zero-order valence-corrected chi connectivity index (χ0v) is 13.0. The average Bonchev–Trinajstić information content (AvgIpc) is 2.49. The molecule has 1 saturated heterocycles. The van der Waals surface area contributed by atoms with Gasteiger partial charge in [-0.2, -0.15) is 0 Å². The molecule has 1 aromatic rings.